The highest BCUT2D eigenvalue weighted by molar-refractivity contribution is 5.87. The Hall–Kier alpha value is -2.58. The first kappa shape index (κ1) is 14.8. The predicted octanol–water partition coefficient (Wildman–Crippen LogP) is -0.933. The fourth-order valence-corrected chi connectivity index (χ4v) is 2.19. The molecule has 0 bridgehead atoms. The molecule has 0 saturated carbocycles. The Labute approximate surface area is 120 Å². The molecule has 0 spiro atoms. The van der Waals surface area contributed by atoms with E-state index < -0.39 is 18.0 Å². The summed E-state index contributed by atoms with van der Waals surface area (Å²) in [6.07, 6.45) is 1.61. The maximum Gasteiger partial charge on any atom is 0.326 e. The van der Waals surface area contributed by atoms with Crippen molar-refractivity contribution >= 4 is 17.9 Å². The number of amides is 3. The molecule has 0 radical (unpaired) electrons. The van der Waals surface area contributed by atoms with Gasteiger partial charge in [-0.1, -0.05) is 0 Å². The molecule has 0 saturated heterocycles. The summed E-state index contributed by atoms with van der Waals surface area (Å²) in [4.78, 5) is 42.8. The molecule has 0 aromatic carbocycles. The molecule has 0 fully saturated rings. The van der Waals surface area contributed by atoms with Crippen molar-refractivity contribution in [2.24, 2.45) is 0 Å². The second kappa shape index (κ2) is 6.25. The van der Waals surface area contributed by atoms with Crippen molar-refractivity contribution in [3.05, 3.63) is 17.7 Å². The van der Waals surface area contributed by atoms with Gasteiger partial charge >= 0.3 is 12.0 Å². The van der Waals surface area contributed by atoms with E-state index in [2.05, 4.69) is 20.6 Å². The Kier molecular flexibility index (Phi) is 4.41. The number of carbonyl (C=O) groups excluding carboxylic acids is 2. The lowest BCUT2D eigenvalue weighted by molar-refractivity contribution is -0.142. The molecule has 3 amide bonds. The average molecular weight is 295 g/mol. The van der Waals surface area contributed by atoms with Crippen molar-refractivity contribution in [3.63, 3.8) is 0 Å². The number of nitrogens with one attached hydrogen (secondary N) is 3. The zero-order valence-electron chi connectivity index (χ0n) is 11.5. The van der Waals surface area contributed by atoms with Crippen LogP contribution in [-0.4, -0.2) is 57.0 Å². The highest BCUT2D eigenvalue weighted by atomic mass is 16.4. The molecule has 114 valence electrons. The minimum Gasteiger partial charge on any atom is -0.480 e. The summed E-state index contributed by atoms with van der Waals surface area (Å²) in [5, 5.41) is 14.2. The van der Waals surface area contributed by atoms with E-state index in [9.17, 15) is 19.5 Å². The second-order valence-corrected chi connectivity index (χ2v) is 4.63. The number of urea groups is 1. The molecule has 1 aliphatic heterocycles. The van der Waals surface area contributed by atoms with Crippen LogP contribution in [0.3, 0.4) is 0 Å². The molecule has 9 heteroatoms. The Morgan fingerprint density at radius 1 is 1.48 bits per heavy atom. The number of hydrogen-bond acceptors (Lipinski definition) is 4. The van der Waals surface area contributed by atoms with Crippen LogP contribution in [0.5, 0.6) is 0 Å². The van der Waals surface area contributed by atoms with Crippen molar-refractivity contribution < 1.29 is 19.5 Å². The fourth-order valence-electron chi connectivity index (χ4n) is 2.19. The van der Waals surface area contributed by atoms with Gasteiger partial charge in [0.2, 0.25) is 5.91 Å². The van der Waals surface area contributed by atoms with Crippen molar-refractivity contribution in [3.8, 4) is 0 Å². The first-order valence-electron chi connectivity index (χ1n) is 6.58. The smallest absolute Gasteiger partial charge is 0.326 e. The van der Waals surface area contributed by atoms with Gasteiger partial charge < -0.3 is 25.6 Å². The van der Waals surface area contributed by atoms with Crippen molar-refractivity contribution in [1.82, 2.24) is 25.5 Å². The van der Waals surface area contributed by atoms with Crippen LogP contribution in [0.4, 0.5) is 4.79 Å². The lowest BCUT2D eigenvalue weighted by Gasteiger charge is -2.32. The number of aromatic nitrogens is 2. The first-order valence-corrected chi connectivity index (χ1v) is 6.58. The largest absolute Gasteiger partial charge is 0.480 e. The summed E-state index contributed by atoms with van der Waals surface area (Å²) >= 11 is 0. The van der Waals surface area contributed by atoms with Gasteiger partial charge in [-0.2, -0.15) is 0 Å². The number of likely N-dealkylation sites (N-methyl/N-ethyl adjacent to an activating group) is 1. The zero-order valence-corrected chi connectivity index (χ0v) is 11.5. The Bertz CT molecular complexity index is 556. The lowest BCUT2D eigenvalue weighted by atomic mass is 10.0. The van der Waals surface area contributed by atoms with Gasteiger partial charge in [-0.05, 0) is 6.92 Å². The van der Waals surface area contributed by atoms with Crippen LogP contribution in [0.15, 0.2) is 6.33 Å². The maximum atomic E-state index is 12.1. The van der Waals surface area contributed by atoms with E-state index in [0.29, 0.717) is 17.9 Å². The van der Waals surface area contributed by atoms with Gasteiger partial charge in [0, 0.05) is 13.0 Å². The van der Waals surface area contributed by atoms with E-state index >= 15 is 0 Å². The molecule has 0 aliphatic carbocycles. The van der Waals surface area contributed by atoms with E-state index in [4.69, 9.17) is 0 Å². The Morgan fingerprint density at radius 2 is 2.24 bits per heavy atom. The van der Waals surface area contributed by atoms with Gasteiger partial charge in [0.1, 0.15) is 6.04 Å². The summed E-state index contributed by atoms with van der Waals surface area (Å²) in [6, 6.07) is -1.58. The molecule has 1 aliphatic rings. The number of imidazole rings is 1. The van der Waals surface area contributed by atoms with E-state index in [1.165, 1.54) is 11.2 Å². The number of aromatic amines is 1. The highest BCUT2D eigenvalue weighted by Crippen LogP contribution is 2.20. The molecular formula is C12H17N5O4. The van der Waals surface area contributed by atoms with Crippen molar-refractivity contribution in [2.45, 2.75) is 25.9 Å². The number of H-pyrrole nitrogens is 1. The van der Waals surface area contributed by atoms with Crippen LogP contribution >= 0.6 is 0 Å². The standard InChI is InChI=1S/C12H17N5O4/c1-2-13-10(18)4-14-12(21)17-5-8-7(15-6-16-8)3-9(17)11(19)20/h6,9H,2-5H2,1H3,(H,13,18)(H,14,21)(H,15,16)(H,19,20). The van der Waals surface area contributed by atoms with Crippen molar-refractivity contribution in [1.29, 1.82) is 0 Å². The molecule has 9 nitrogen and oxygen atoms in total. The van der Waals surface area contributed by atoms with E-state index in [1.54, 1.807) is 6.92 Å². The molecule has 2 rings (SSSR count). The number of hydrogen-bond donors (Lipinski definition) is 4. The Morgan fingerprint density at radius 3 is 2.90 bits per heavy atom. The van der Waals surface area contributed by atoms with Crippen molar-refractivity contribution in [2.75, 3.05) is 13.1 Å². The number of fused-ring (bicyclic) bond motifs is 1. The van der Waals surface area contributed by atoms with E-state index in [0.717, 1.165) is 0 Å². The summed E-state index contributed by atoms with van der Waals surface area (Å²) in [5.74, 6) is -1.42. The number of rotatable bonds is 4. The maximum absolute atomic E-state index is 12.1. The Balaban J connectivity index is 2.04. The third-order valence-electron chi connectivity index (χ3n) is 3.22. The molecule has 1 aromatic heterocycles. The second-order valence-electron chi connectivity index (χ2n) is 4.63. The van der Waals surface area contributed by atoms with E-state index in [-0.39, 0.29) is 25.4 Å². The first-order chi connectivity index (χ1) is 10.0. The van der Waals surface area contributed by atoms with Crippen LogP contribution in [0.2, 0.25) is 0 Å². The normalized spacial score (nSPS) is 17.0. The zero-order chi connectivity index (χ0) is 15.4. The van der Waals surface area contributed by atoms with E-state index in [1.807, 2.05) is 0 Å². The fraction of sp³-hybridized carbons (Fsp3) is 0.500. The summed E-state index contributed by atoms with van der Waals surface area (Å²) < 4.78 is 0. The number of carboxylic acids is 1. The quantitative estimate of drug-likeness (QED) is 0.570. The molecule has 1 aromatic rings. The van der Waals surface area contributed by atoms with Crippen LogP contribution in [0.1, 0.15) is 18.3 Å². The van der Waals surface area contributed by atoms with Crippen LogP contribution in [-0.2, 0) is 22.6 Å². The number of aliphatic carboxylic acids is 1. The third-order valence-corrected chi connectivity index (χ3v) is 3.22. The number of carboxylic acid groups (broad SMARTS) is 1. The number of carbonyl (C=O) groups is 3. The highest BCUT2D eigenvalue weighted by Gasteiger charge is 2.35. The minimum absolute atomic E-state index is 0.119. The molecule has 4 N–H and O–H groups in total. The monoisotopic (exact) mass is 295 g/mol. The summed E-state index contributed by atoms with van der Waals surface area (Å²) in [6.45, 7) is 2.16. The third kappa shape index (κ3) is 3.30. The van der Waals surface area contributed by atoms with Crippen LogP contribution in [0, 0.1) is 0 Å². The molecule has 1 atom stereocenters. The molecule has 2 heterocycles. The van der Waals surface area contributed by atoms with Gasteiger partial charge in [0.15, 0.2) is 0 Å². The van der Waals surface area contributed by atoms with Gasteiger partial charge in [0.25, 0.3) is 0 Å². The molecular weight excluding hydrogens is 278 g/mol. The number of nitrogens with zero attached hydrogens (tertiary/aromatic N) is 2. The lowest BCUT2D eigenvalue weighted by Crippen LogP contribution is -2.53. The SMILES string of the molecule is CCNC(=O)CNC(=O)N1Cc2[nH]cnc2CC1C(=O)O. The van der Waals surface area contributed by atoms with Gasteiger partial charge in [0.05, 0.1) is 30.8 Å². The molecule has 1 unspecified atom stereocenters. The van der Waals surface area contributed by atoms with Crippen LogP contribution < -0.4 is 10.6 Å². The average Bonchev–Trinajstić information content (AvgIpc) is 2.90. The minimum atomic E-state index is -1.10. The van der Waals surface area contributed by atoms with Gasteiger partial charge in [-0.25, -0.2) is 14.6 Å². The topological polar surface area (TPSA) is 127 Å². The predicted molar refractivity (Wildman–Crippen MR) is 71.3 cm³/mol. The van der Waals surface area contributed by atoms with Crippen LogP contribution in [0.25, 0.3) is 0 Å². The van der Waals surface area contributed by atoms with Gasteiger partial charge in [-0.15, -0.1) is 0 Å². The van der Waals surface area contributed by atoms with Gasteiger partial charge in [-0.3, -0.25) is 4.79 Å². The summed E-state index contributed by atoms with van der Waals surface area (Å²) in [5.41, 5.74) is 1.36. The summed E-state index contributed by atoms with van der Waals surface area (Å²) in [7, 11) is 0. The molecule has 21 heavy (non-hydrogen) atoms.